The number of hydrazine groups is 1. The van der Waals surface area contributed by atoms with Gasteiger partial charge in [0.2, 0.25) is 5.88 Å². The lowest BCUT2D eigenvalue weighted by atomic mass is 10.0. The van der Waals surface area contributed by atoms with E-state index in [-0.39, 0.29) is 12.4 Å². The molecule has 0 radical (unpaired) electrons. The van der Waals surface area contributed by atoms with Crippen LogP contribution in [0, 0.1) is 5.82 Å². The fraction of sp³-hybridized carbons (Fsp3) is 0.217. The van der Waals surface area contributed by atoms with Crippen molar-refractivity contribution >= 4 is 11.7 Å². The zero-order chi connectivity index (χ0) is 21.1. The summed E-state index contributed by atoms with van der Waals surface area (Å²) in [6.45, 7) is 0.260. The molecule has 6 nitrogen and oxygen atoms in total. The second-order valence-electron chi connectivity index (χ2n) is 7.35. The highest BCUT2D eigenvalue weighted by Gasteiger charge is 2.27. The minimum absolute atomic E-state index is 0.260. The molecule has 0 spiro atoms. The first-order chi connectivity index (χ1) is 14.5. The van der Waals surface area contributed by atoms with Gasteiger partial charge in [-0.2, -0.15) is 0 Å². The Morgan fingerprint density at radius 1 is 1.17 bits per heavy atom. The highest BCUT2D eigenvalue weighted by atomic mass is 19.1. The smallest absolute Gasteiger partial charge is 0.335 e. The number of halogens is 1. The Labute approximate surface area is 174 Å². The molecule has 0 unspecified atom stereocenters. The van der Waals surface area contributed by atoms with Crippen molar-refractivity contribution < 1.29 is 13.9 Å². The zero-order valence-electron chi connectivity index (χ0n) is 16.6. The second-order valence-corrected chi connectivity index (χ2v) is 7.35. The molecule has 4 rings (SSSR count). The van der Waals surface area contributed by atoms with Crippen LogP contribution in [0.15, 0.2) is 60.7 Å². The summed E-state index contributed by atoms with van der Waals surface area (Å²) >= 11 is 0. The van der Waals surface area contributed by atoms with Crippen LogP contribution in [0.4, 0.5) is 14.9 Å². The topological polar surface area (TPSA) is 80.5 Å². The van der Waals surface area contributed by atoms with Crippen molar-refractivity contribution in [3.8, 4) is 17.1 Å². The normalized spacial score (nSPS) is 13.0. The van der Waals surface area contributed by atoms with E-state index in [9.17, 15) is 9.18 Å². The van der Waals surface area contributed by atoms with Crippen LogP contribution in [0.5, 0.6) is 5.88 Å². The lowest BCUT2D eigenvalue weighted by Gasteiger charge is -2.18. The summed E-state index contributed by atoms with van der Waals surface area (Å²) < 4.78 is 19.2. The molecule has 2 aromatic carbocycles. The predicted octanol–water partition coefficient (Wildman–Crippen LogP) is 4.68. The number of carbonyl (C=O) groups is 1. The van der Waals surface area contributed by atoms with Crippen molar-refractivity contribution in [2.45, 2.75) is 25.4 Å². The average Bonchev–Trinajstić information content (AvgIpc) is 3.58. The summed E-state index contributed by atoms with van der Waals surface area (Å²) in [6.07, 6.45) is 2.25. The largest absolute Gasteiger partial charge is 0.473 e. The molecule has 30 heavy (non-hydrogen) atoms. The molecule has 7 heteroatoms. The van der Waals surface area contributed by atoms with Crippen LogP contribution in [0.25, 0.3) is 11.3 Å². The number of carbonyl (C=O) groups excluding carboxylic acids is 1. The van der Waals surface area contributed by atoms with Crippen molar-refractivity contribution in [1.82, 2.24) is 9.99 Å². The number of urea groups is 1. The summed E-state index contributed by atoms with van der Waals surface area (Å²) in [5, 5.41) is 3.84. The summed E-state index contributed by atoms with van der Waals surface area (Å²) in [7, 11) is 1.49. The Kier molecular flexibility index (Phi) is 5.63. The third kappa shape index (κ3) is 4.58. The highest BCUT2D eigenvalue weighted by molar-refractivity contribution is 5.89. The fourth-order valence-corrected chi connectivity index (χ4v) is 3.29. The highest BCUT2D eigenvalue weighted by Crippen LogP contribution is 2.43. The molecule has 2 amide bonds. The Hall–Kier alpha value is -3.45. The maximum atomic E-state index is 13.2. The van der Waals surface area contributed by atoms with E-state index in [1.807, 2.05) is 24.3 Å². The molecule has 3 N–H and O–H groups in total. The van der Waals surface area contributed by atoms with Gasteiger partial charge in [0.1, 0.15) is 12.4 Å². The molecular formula is C23H23FN4O2. The second kappa shape index (κ2) is 8.51. The van der Waals surface area contributed by atoms with E-state index in [2.05, 4.69) is 16.4 Å². The zero-order valence-corrected chi connectivity index (χ0v) is 16.6. The fourth-order valence-electron chi connectivity index (χ4n) is 3.29. The molecule has 154 valence electrons. The van der Waals surface area contributed by atoms with Crippen LogP contribution in [-0.4, -0.2) is 23.1 Å². The van der Waals surface area contributed by atoms with Gasteiger partial charge in [0.15, 0.2) is 0 Å². The molecule has 1 aromatic heterocycles. The van der Waals surface area contributed by atoms with Crippen LogP contribution in [0.2, 0.25) is 0 Å². The van der Waals surface area contributed by atoms with Crippen molar-refractivity contribution in [1.29, 1.82) is 0 Å². The first-order valence-corrected chi connectivity index (χ1v) is 9.78. The number of nitrogens with one attached hydrogen (secondary N) is 1. The average molecular weight is 406 g/mol. The van der Waals surface area contributed by atoms with E-state index in [1.54, 1.807) is 18.2 Å². The number of hydrogen-bond acceptors (Lipinski definition) is 4. The standard InChI is InChI=1S/C23H23FN4O2/c1-28(25)23(29)27-21-6-2-4-18(15-8-9-15)19(21)14-30-22-7-3-5-20(26-22)16-10-12-17(24)13-11-16/h2-7,10-13,15H,8-9,14,25H2,1H3,(H,27,29). The van der Waals surface area contributed by atoms with Crippen molar-refractivity contribution in [3.05, 3.63) is 77.6 Å². The van der Waals surface area contributed by atoms with Gasteiger partial charge in [-0.25, -0.2) is 20.0 Å². The maximum absolute atomic E-state index is 13.2. The van der Waals surface area contributed by atoms with E-state index in [0.29, 0.717) is 23.2 Å². The third-order valence-electron chi connectivity index (χ3n) is 5.02. The molecule has 1 saturated carbocycles. The Balaban J connectivity index is 1.56. The number of amides is 2. The summed E-state index contributed by atoms with van der Waals surface area (Å²) in [5.41, 5.74) is 4.27. The predicted molar refractivity (Wildman–Crippen MR) is 113 cm³/mol. The Morgan fingerprint density at radius 3 is 2.60 bits per heavy atom. The van der Waals surface area contributed by atoms with Crippen LogP contribution < -0.4 is 15.9 Å². The van der Waals surface area contributed by atoms with Crippen molar-refractivity contribution in [2.75, 3.05) is 12.4 Å². The molecule has 1 aliphatic carbocycles. The monoisotopic (exact) mass is 406 g/mol. The number of nitrogens with two attached hydrogens (primary N) is 1. The molecule has 1 fully saturated rings. The lowest BCUT2D eigenvalue weighted by Crippen LogP contribution is -2.37. The summed E-state index contributed by atoms with van der Waals surface area (Å²) in [6, 6.07) is 17.1. The summed E-state index contributed by atoms with van der Waals surface area (Å²) in [5.74, 6) is 6.19. The quantitative estimate of drug-likeness (QED) is 0.354. The molecule has 1 aliphatic rings. The molecule has 0 saturated heterocycles. The van der Waals surface area contributed by atoms with Crippen LogP contribution in [-0.2, 0) is 6.61 Å². The van der Waals surface area contributed by atoms with E-state index in [4.69, 9.17) is 10.6 Å². The molecule has 1 heterocycles. The van der Waals surface area contributed by atoms with Crippen LogP contribution in [0.3, 0.4) is 0 Å². The number of nitrogens with zero attached hydrogens (tertiary/aromatic N) is 2. The summed E-state index contributed by atoms with van der Waals surface area (Å²) in [4.78, 5) is 16.6. The van der Waals surface area contributed by atoms with Gasteiger partial charge >= 0.3 is 6.03 Å². The number of anilines is 1. The van der Waals surface area contributed by atoms with Gasteiger partial charge in [0.25, 0.3) is 0 Å². The van der Waals surface area contributed by atoms with Gasteiger partial charge in [-0.1, -0.05) is 18.2 Å². The SMILES string of the molecule is CN(N)C(=O)Nc1cccc(C2CC2)c1COc1cccc(-c2ccc(F)cc2)n1. The lowest BCUT2D eigenvalue weighted by molar-refractivity contribution is 0.223. The van der Waals surface area contributed by atoms with Gasteiger partial charge in [-0.15, -0.1) is 0 Å². The van der Waals surface area contributed by atoms with Crippen LogP contribution in [0.1, 0.15) is 29.9 Å². The molecular weight excluding hydrogens is 383 g/mol. The van der Waals surface area contributed by atoms with E-state index < -0.39 is 6.03 Å². The Morgan fingerprint density at radius 2 is 1.90 bits per heavy atom. The molecule has 0 aliphatic heterocycles. The first kappa shape index (κ1) is 19.8. The minimum atomic E-state index is -0.402. The van der Waals surface area contributed by atoms with Gasteiger partial charge in [-0.05, 0) is 60.7 Å². The van der Waals surface area contributed by atoms with Crippen molar-refractivity contribution in [2.24, 2.45) is 5.84 Å². The number of aromatic nitrogens is 1. The maximum Gasteiger partial charge on any atom is 0.335 e. The number of rotatable bonds is 6. The molecule has 3 aromatic rings. The molecule has 0 atom stereocenters. The van der Waals surface area contributed by atoms with Crippen molar-refractivity contribution in [3.63, 3.8) is 0 Å². The minimum Gasteiger partial charge on any atom is -0.473 e. The van der Waals surface area contributed by atoms with Crippen LogP contribution >= 0.6 is 0 Å². The number of pyridine rings is 1. The van der Waals surface area contributed by atoms with Gasteiger partial charge in [0.05, 0.1) is 5.69 Å². The Bertz CT molecular complexity index is 1050. The van der Waals surface area contributed by atoms with Gasteiger partial charge < -0.3 is 10.1 Å². The number of hydrogen-bond donors (Lipinski definition) is 2. The first-order valence-electron chi connectivity index (χ1n) is 9.78. The third-order valence-corrected chi connectivity index (χ3v) is 5.02. The van der Waals surface area contributed by atoms with E-state index in [0.717, 1.165) is 29.0 Å². The molecule has 0 bridgehead atoms. The van der Waals surface area contributed by atoms with Gasteiger partial charge in [0, 0.05) is 29.9 Å². The van der Waals surface area contributed by atoms with Gasteiger partial charge in [-0.3, -0.25) is 5.01 Å². The number of benzene rings is 2. The number of ether oxygens (including phenoxy) is 1. The van der Waals surface area contributed by atoms with E-state index in [1.165, 1.54) is 24.7 Å². The van der Waals surface area contributed by atoms with E-state index >= 15 is 0 Å².